The van der Waals surface area contributed by atoms with Gasteiger partial charge >= 0.3 is 0 Å². The van der Waals surface area contributed by atoms with Crippen LogP contribution >= 0.6 is 27.5 Å². The first-order chi connectivity index (χ1) is 9.44. The van der Waals surface area contributed by atoms with E-state index in [2.05, 4.69) is 54.0 Å². The Morgan fingerprint density at radius 3 is 2.45 bits per heavy atom. The molecule has 0 saturated carbocycles. The summed E-state index contributed by atoms with van der Waals surface area (Å²) in [5.74, 6) is 0.985. The molecular formula is C17H16BrClO. The highest BCUT2D eigenvalue weighted by Gasteiger charge is 2.30. The van der Waals surface area contributed by atoms with Gasteiger partial charge in [0.1, 0.15) is 11.4 Å². The molecule has 1 aliphatic rings. The molecule has 1 atom stereocenters. The lowest BCUT2D eigenvalue weighted by atomic mass is 9.97. The van der Waals surface area contributed by atoms with Gasteiger partial charge in [-0.05, 0) is 48.7 Å². The summed E-state index contributed by atoms with van der Waals surface area (Å²) >= 11 is 10.0. The maximum atomic E-state index is 6.60. The lowest BCUT2D eigenvalue weighted by molar-refractivity contribution is 0.138. The van der Waals surface area contributed by atoms with Crippen molar-refractivity contribution < 1.29 is 4.74 Å². The van der Waals surface area contributed by atoms with E-state index in [1.54, 1.807) is 0 Å². The van der Waals surface area contributed by atoms with Gasteiger partial charge in [0.2, 0.25) is 0 Å². The quantitative estimate of drug-likeness (QED) is 0.650. The third-order valence-corrected chi connectivity index (χ3v) is 4.57. The van der Waals surface area contributed by atoms with Crippen molar-refractivity contribution in [3.05, 3.63) is 63.6 Å². The van der Waals surface area contributed by atoms with E-state index < -0.39 is 0 Å². The molecule has 0 amide bonds. The van der Waals surface area contributed by atoms with Crippen LogP contribution in [0.5, 0.6) is 5.75 Å². The van der Waals surface area contributed by atoms with Gasteiger partial charge in [0.25, 0.3) is 0 Å². The van der Waals surface area contributed by atoms with E-state index in [0.717, 1.165) is 27.8 Å². The van der Waals surface area contributed by atoms with Gasteiger partial charge in [-0.25, -0.2) is 0 Å². The molecule has 0 bridgehead atoms. The van der Waals surface area contributed by atoms with Crippen LogP contribution in [0.2, 0.25) is 0 Å². The van der Waals surface area contributed by atoms with Crippen LogP contribution < -0.4 is 4.74 Å². The summed E-state index contributed by atoms with van der Waals surface area (Å²) in [7, 11) is 0. The minimum Gasteiger partial charge on any atom is -0.487 e. The maximum absolute atomic E-state index is 6.60. The average molecular weight is 352 g/mol. The summed E-state index contributed by atoms with van der Waals surface area (Å²) in [6.07, 6.45) is 0.931. The number of ether oxygens (including phenoxy) is 1. The molecule has 20 heavy (non-hydrogen) atoms. The van der Waals surface area contributed by atoms with Crippen molar-refractivity contribution in [3.63, 3.8) is 0 Å². The first kappa shape index (κ1) is 14.0. The Kier molecular flexibility index (Phi) is 3.55. The first-order valence-electron chi connectivity index (χ1n) is 6.66. The SMILES string of the molecule is CC1(C)Cc2cc(C(Cl)c3ccc(Br)cc3)ccc2O1. The fourth-order valence-corrected chi connectivity index (χ4v) is 3.16. The summed E-state index contributed by atoms with van der Waals surface area (Å²) in [6.45, 7) is 4.22. The van der Waals surface area contributed by atoms with E-state index in [0.29, 0.717) is 0 Å². The van der Waals surface area contributed by atoms with E-state index in [-0.39, 0.29) is 11.0 Å². The second kappa shape index (κ2) is 5.09. The molecule has 0 fully saturated rings. The third-order valence-electron chi connectivity index (χ3n) is 3.54. The predicted octanol–water partition coefficient (Wildman–Crippen LogP) is 5.49. The van der Waals surface area contributed by atoms with E-state index in [9.17, 15) is 0 Å². The molecular weight excluding hydrogens is 336 g/mol. The Labute approximate surface area is 133 Å². The minimum atomic E-state index is -0.128. The molecule has 0 N–H and O–H groups in total. The van der Waals surface area contributed by atoms with Crippen LogP contribution in [0, 0.1) is 0 Å². The highest BCUT2D eigenvalue weighted by atomic mass is 79.9. The van der Waals surface area contributed by atoms with E-state index in [4.69, 9.17) is 16.3 Å². The normalized spacial score (nSPS) is 17.4. The van der Waals surface area contributed by atoms with E-state index >= 15 is 0 Å². The molecule has 1 aliphatic heterocycles. The van der Waals surface area contributed by atoms with Crippen LogP contribution in [0.25, 0.3) is 0 Å². The molecule has 0 aliphatic carbocycles. The monoisotopic (exact) mass is 350 g/mol. The van der Waals surface area contributed by atoms with Gasteiger partial charge in [0.15, 0.2) is 0 Å². The molecule has 3 rings (SSSR count). The summed E-state index contributed by atoms with van der Waals surface area (Å²) in [4.78, 5) is 0. The smallest absolute Gasteiger partial charge is 0.123 e. The molecule has 0 radical (unpaired) electrons. The molecule has 2 aromatic carbocycles. The molecule has 2 aromatic rings. The standard InChI is InChI=1S/C17H16BrClO/c1-17(2)10-13-9-12(5-8-15(13)20-17)16(19)11-3-6-14(18)7-4-11/h3-9,16H,10H2,1-2H3. The maximum Gasteiger partial charge on any atom is 0.123 e. The highest BCUT2D eigenvalue weighted by Crippen LogP contribution is 2.38. The van der Waals surface area contributed by atoms with Gasteiger partial charge in [-0.1, -0.05) is 40.2 Å². The number of rotatable bonds is 2. The number of benzene rings is 2. The zero-order valence-electron chi connectivity index (χ0n) is 11.5. The van der Waals surface area contributed by atoms with Crippen molar-refractivity contribution in [2.75, 3.05) is 0 Å². The largest absolute Gasteiger partial charge is 0.487 e. The fraction of sp³-hybridized carbons (Fsp3) is 0.294. The number of fused-ring (bicyclic) bond motifs is 1. The number of halogens is 2. The van der Waals surface area contributed by atoms with Crippen molar-refractivity contribution in [1.29, 1.82) is 0 Å². The Morgan fingerprint density at radius 1 is 1.10 bits per heavy atom. The Hall–Kier alpha value is -0.990. The molecule has 1 heterocycles. The lowest BCUT2D eigenvalue weighted by Gasteiger charge is -2.16. The van der Waals surface area contributed by atoms with Crippen LogP contribution in [-0.2, 0) is 6.42 Å². The highest BCUT2D eigenvalue weighted by molar-refractivity contribution is 9.10. The molecule has 1 unspecified atom stereocenters. The third kappa shape index (κ3) is 2.72. The van der Waals surface area contributed by atoms with E-state index in [1.165, 1.54) is 5.56 Å². The molecule has 1 nitrogen and oxygen atoms in total. The summed E-state index contributed by atoms with van der Waals surface area (Å²) in [6, 6.07) is 14.4. The van der Waals surface area contributed by atoms with Crippen molar-refractivity contribution in [2.24, 2.45) is 0 Å². The average Bonchev–Trinajstić information content (AvgIpc) is 2.71. The van der Waals surface area contributed by atoms with Gasteiger partial charge in [-0.15, -0.1) is 11.6 Å². The van der Waals surface area contributed by atoms with Gasteiger partial charge in [-0.2, -0.15) is 0 Å². The topological polar surface area (TPSA) is 9.23 Å². The van der Waals surface area contributed by atoms with Crippen molar-refractivity contribution >= 4 is 27.5 Å². The lowest BCUT2D eigenvalue weighted by Crippen LogP contribution is -2.24. The second-order valence-corrected chi connectivity index (χ2v) is 7.17. The molecule has 0 aromatic heterocycles. The second-order valence-electron chi connectivity index (χ2n) is 5.82. The van der Waals surface area contributed by atoms with Crippen LogP contribution in [0.3, 0.4) is 0 Å². The molecule has 0 spiro atoms. The summed E-state index contributed by atoms with van der Waals surface area (Å²) in [5, 5.41) is -0.128. The zero-order chi connectivity index (χ0) is 14.3. The van der Waals surface area contributed by atoms with E-state index in [1.807, 2.05) is 18.2 Å². The predicted molar refractivity (Wildman–Crippen MR) is 86.7 cm³/mol. The van der Waals surface area contributed by atoms with Gasteiger partial charge in [0, 0.05) is 10.9 Å². The first-order valence-corrected chi connectivity index (χ1v) is 7.89. The molecule has 0 saturated heterocycles. The van der Waals surface area contributed by atoms with Crippen molar-refractivity contribution in [2.45, 2.75) is 31.2 Å². The van der Waals surface area contributed by atoms with Crippen LogP contribution in [0.15, 0.2) is 46.9 Å². The van der Waals surface area contributed by atoms with Gasteiger partial charge in [0.05, 0.1) is 5.38 Å². The fourth-order valence-electron chi connectivity index (χ4n) is 2.61. The van der Waals surface area contributed by atoms with Crippen LogP contribution in [-0.4, -0.2) is 5.60 Å². The molecule has 3 heteroatoms. The number of hydrogen-bond acceptors (Lipinski definition) is 1. The van der Waals surface area contributed by atoms with Gasteiger partial charge in [-0.3, -0.25) is 0 Å². The van der Waals surface area contributed by atoms with Crippen molar-refractivity contribution in [3.8, 4) is 5.75 Å². The number of hydrogen-bond donors (Lipinski definition) is 0. The zero-order valence-corrected chi connectivity index (χ0v) is 13.8. The van der Waals surface area contributed by atoms with Crippen molar-refractivity contribution in [1.82, 2.24) is 0 Å². The van der Waals surface area contributed by atoms with Gasteiger partial charge < -0.3 is 4.74 Å². The number of alkyl halides is 1. The Balaban J connectivity index is 1.90. The van der Waals surface area contributed by atoms with Crippen LogP contribution in [0.1, 0.15) is 35.9 Å². The Bertz CT molecular complexity index is 634. The molecule has 104 valence electrons. The summed E-state index contributed by atoms with van der Waals surface area (Å²) in [5.41, 5.74) is 3.36. The Morgan fingerprint density at radius 2 is 1.75 bits per heavy atom. The van der Waals surface area contributed by atoms with Crippen LogP contribution in [0.4, 0.5) is 0 Å². The minimum absolute atomic E-state index is 0.111. The summed E-state index contributed by atoms with van der Waals surface area (Å²) < 4.78 is 6.97.